The van der Waals surface area contributed by atoms with Crippen LogP contribution in [0.1, 0.15) is 5.56 Å². The van der Waals surface area contributed by atoms with Crippen molar-refractivity contribution in [2.24, 2.45) is 13.0 Å². The van der Waals surface area contributed by atoms with Crippen LogP contribution in [-0.4, -0.2) is 37.4 Å². The zero-order chi connectivity index (χ0) is 14.7. The molecule has 1 aromatic carbocycles. The van der Waals surface area contributed by atoms with Crippen molar-refractivity contribution in [2.75, 3.05) is 0 Å². The Balaban J connectivity index is 2.14. The summed E-state index contributed by atoms with van der Waals surface area (Å²) in [5.41, 5.74) is 2.48. The highest BCUT2D eigenvalue weighted by Gasteiger charge is 2.24. The number of aliphatic carboxylic acids is 1. The van der Waals surface area contributed by atoms with E-state index in [4.69, 9.17) is 15.3 Å². The molecule has 0 bridgehead atoms. The normalized spacial score (nSPS) is 12.6. The van der Waals surface area contributed by atoms with Gasteiger partial charge in [0.1, 0.15) is 5.92 Å². The van der Waals surface area contributed by atoms with Gasteiger partial charge in [-0.1, -0.05) is 24.3 Å². The summed E-state index contributed by atoms with van der Waals surface area (Å²) in [5, 5.41) is 31.3. The number of aryl methyl sites for hydroxylation is 1. The molecular formula is C14H16N2O4. The minimum absolute atomic E-state index is 0.0650. The summed E-state index contributed by atoms with van der Waals surface area (Å²) in [5.74, 6) is -2.45. The van der Waals surface area contributed by atoms with Crippen LogP contribution in [0.25, 0.3) is 11.3 Å². The summed E-state index contributed by atoms with van der Waals surface area (Å²) in [6.07, 6.45) is 0.0318. The zero-order valence-electron chi connectivity index (χ0n) is 11.0. The van der Waals surface area contributed by atoms with Gasteiger partial charge in [0.2, 0.25) is 0 Å². The Labute approximate surface area is 115 Å². The summed E-state index contributed by atoms with van der Waals surface area (Å²) < 4.78 is 1.70. The molecule has 3 N–H and O–H groups in total. The van der Waals surface area contributed by atoms with Crippen LogP contribution in [0.2, 0.25) is 0 Å². The van der Waals surface area contributed by atoms with Crippen molar-refractivity contribution in [3.05, 3.63) is 42.1 Å². The average molecular weight is 276 g/mol. The Morgan fingerprint density at radius 1 is 1.25 bits per heavy atom. The second-order valence-corrected chi connectivity index (χ2v) is 4.63. The summed E-state index contributed by atoms with van der Waals surface area (Å²) >= 11 is 0. The molecule has 0 aliphatic rings. The number of nitrogens with zero attached hydrogens (tertiary/aromatic N) is 2. The quantitative estimate of drug-likeness (QED) is 0.697. The summed E-state index contributed by atoms with van der Waals surface area (Å²) in [4.78, 5) is 10.9. The molecule has 0 amide bonds. The number of hydrogen-bond acceptors (Lipinski definition) is 4. The Morgan fingerprint density at radius 3 is 2.35 bits per heavy atom. The standard InChI is InChI=1S/C14H16N2O4/c1-16-7-6-12(15-16)10-4-2-9(3-5-10)8-11(13(17)18)14(19)20/h2-7,11,13,17-18H,8H2,1H3,(H,19,20). The van der Waals surface area contributed by atoms with Gasteiger partial charge in [-0.05, 0) is 18.1 Å². The highest BCUT2D eigenvalue weighted by atomic mass is 16.5. The first-order chi connectivity index (χ1) is 9.47. The maximum Gasteiger partial charge on any atom is 0.312 e. The molecule has 0 fully saturated rings. The molecule has 1 aromatic heterocycles. The lowest BCUT2D eigenvalue weighted by Gasteiger charge is -2.14. The molecule has 6 heteroatoms. The number of hydrogen-bond donors (Lipinski definition) is 3. The third-order valence-electron chi connectivity index (χ3n) is 3.10. The van der Waals surface area contributed by atoms with Gasteiger partial charge >= 0.3 is 5.97 Å². The fourth-order valence-electron chi connectivity index (χ4n) is 1.95. The molecule has 0 saturated carbocycles. The second kappa shape index (κ2) is 5.85. The molecular weight excluding hydrogens is 260 g/mol. The molecule has 106 valence electrons. The molecule has 0 spiro atoms. The van der Waals surface area contributed by atoms with Gasteiger partial charge < -0.3 is 15.3 Å². The Morgan fingerprint density at radius 2 is 1.90 bits per heavy atom. The molecule has 0 radical (unpaired) electrons. The smallest absolute Gasteiger partial charge is 0.312 e. The average Bonchev–Trinajstić information content (AvgIpc) is 2.82. The van der Waals surface area contributed by atoms with Crippen molar-refractivity contribution in [1.82, 2.24) is 9.78 Å². The van der Waals surface area contributed by atoms with E-state index < -0.39 is 18.2 Å². The molecule has 0 aliphatic carbocycles. The molecule has 20 heavy (non-hydrogen) atoms. The van der Waals surface area contributed by atoms with Gasteiger partial charge in [0.05, 0.1) is 5.69 Å². The van der Waals surface area contributed by atoms with E-state index >= 15 is 0 Å². The topological polar surface area (TPSA) is 95.6 Å². The maximum atomic E-state index is 10.9. The predicted molar refractivity (Wildman–Crippen MR) is 71.7 cm³/mol. The van der Waals surface area contributed by atoms with Gasteiger partial charge in [-0.15, -0.1) is 0 Å². The largest absolute Gasteiger partial charge is 0.481 e. The summed E-state index contributed by atoms with van der Waals surface area (Å²) in [6, 6.07) is 9.08. The van der Waals surface area contributed by atoms with Crippen LogP contribution in [0.4, 0.5) is 0 Å². The number of aliphatic hydroxyl groups excluding tert-OH is 1. The Kier molecular flexibility index (Phi) is 4.16. The number of carboxylic acid groups (broad SMARTS) is 1. The van der Waals surface area contributed by atoms with E-state index in [-0.39, 0.29) is 6.42 Å². The lowest BCUT2D eigenvalue weighted by Crippen LogP contribution is -2.29. The van der Waals surface area contributed by atoms with E-state index in [1.165, 1.54) is 0 Å². The van der Waals surface area contributed by atoms with E-state index in [0.29, 0.717) is 0 Å². The number of aromatic nitrogens is 2. The maximum absolute atomic E-state index is 10.9. The molecule has 6 nitrogen and oxygen atoms in total. The molecule has 2 aromatic rings. The van der Waals surface area contributed by atoms with Crippen LogP contribution >= 0.6 is 0 Å². The van der Waals surface area contributed by atoms with Crippen molar-refractivity contribution in [1.29, 1.82) is 0 Å². The third kappa shape index (κ3) is 3.23. The van der Waals surface area contributed by atoms with E-state index in [2.05, 4.69) is 5.10 Å². The van der Waals surface area contributed by atoms with Crippen molar-refractivity contribution >= 4 is 5.97 Å². The number of benzene rings is 1. The third-order valence-corrected chi connectivity index (χ3v) is 3.10. The highest BCUT2D eigenvalue weighted by Crippen LogP contribution is 2.19. The molecule has 1 heterocycles. The number of carbonyl (C=O) groups is 1. The Hall–Kier alpha value is -2.18. The molecule has 1 atom stereocenters. The minimum atomic E-state index is -1.87. The van der Waals surface area contributed by atoms with Crippen LogP contribution in [0.5, 0.6) is 0 Å². The van der Waals surface area contributed by atoms with Gasteiger partial charge in [0, 0.05) is 18.8 Å². The fraction of sp³-hybridized carbons (Fsp3) is 0.286. The molecule has 0 aliphatic heterocycles. The number of carboxylic acids is 1. The lowest BCUT2D eigenvalue weighted by atomic mass is 9.97. The van der Waals surface area contributed by atoms with Crippen molar-refractivity contribution in [3.63, 3.8) is 0 Å². The van der Waals surface area contributed by atoms with E-state index in [9.17, 15) is 4.79 Å². The van der Waals surface area contributed by atoms with Crippen LogP contribution in [0.15, 0.2) is 36.5 Å². The van der Waals surface area contributed by atoms with Gasteiger partial charge in [0.25, 0.3) is 0 Å². The second-order valence-electron chi connectivity index (χ2n) is 4.63. The van der Waals surface area contributed by atoms with Crippen LogP contribution in [0, 0.1) is 5.92 Å². The first-order valence-corrected chi connectivity index (χ1v) is 6.15. The van der Waals surface area contributed by atoms with Gasteiger partial charge in [-0.25, -0.2) is 0 Å². The van der Waals surface area contributed by atoms with Gasteiger partial charge in [0.15, 0.2) is 6.29 Å². The number of rotatable bonds is 5. The monoisotopic (exact) mass is 276 g/mol. The SMILES string of the molecule is Cn1ccc(-c2ccc(CC(C(=O)O)C(O)O)cc2)n1. The van der Waals surface area contributed by atoms with Gasteiger partial charge in [-0.2, -0.15) is 5.10 Å². The zero-order valence-corrected chi connectivity index (χ0v) is 11.0. The first kappa shape index (κ1) is 14.2. The van der Waals surface area contributed by atoms with Crippen LogP contribution < -0.4 is 0 Å². The van der Waals surface area contributed by atoms with Gasteiger partial charge in [-0.3, -0.25) is 9.48 Å². The molecule has 2 rings (SSSR count). The molecule has 1 unspecified atom stereocenters. The highest BCUT2D eigenvalue weighted by molar-refractivity contribution is 5.71. The minimum Gasteiger partial charge on any atom is -0.481 e. The molecule has 0 saturated heterocycles. The first-order valence-electron chi connectivity index (χ1n) is 6.15. The predicted octanol–water partition coefficient (Wildman–Crippen LogP) is 0.641. The van der Waals surface area contributed by atoms with E-state index in [0.717, 1.165) is 16.8 Å². The van der Waals surface area contributed by atoms with E-state index in [1.54, 1.807) is 16.8 Å². The van der Waals surface area contributed by atoms with Crippen LogP contribution in [0.3, 0.4) is 0 Å². The van der Waals surface area contributed by atoms with Crippen molar-refractivity contribution in [2.45, 2.75) is 12.7 Å². The van der Waals surface area contributed by atoms with Crippen molar-refractivity contribution < 1.29 is 20.1 Å². The van der Waals surface area contributed by atoms with Crippen LogP contribution in [-0.2, 0) is 18.3 Å². The Bertz CT molecular complexity index is 589. The van der Waals surface area contributed by atoms with E-state index in [1.807, 2.05) is 31.4 Å². The summed E-state index contributed by atoms with van der Waals surface area (Å²) in [7, 11) is 1.83. The fourth-order valence-corrected chi connectivity index (χ4v) is 1.95. The lowest BCUT2D eigenvalue weighted by molar-refractivity contribution is -0.158. The summed E-state index contributed by atoms with van der Waals surface area (Å²) in [6.45, 7) is 0. The van der Waals surface area contributed by atoms with Crippen molar-refractivity contribution in [3.8, 4) is 11.3 Å². The number of aliphatic hydroxyl groups is 2.